The highest BCUT2D eigenvalue weighted by Crippen LogP contribution is 2.67. The van der Waals surface area contributed by atoms with Crippen LogP contribution in [0.1, 0.15) is 30.5 Å². The molecule has 3 aliphatic rings. The summed E-state index contributed by atoms with van der Waals surface area (Å²) in [6, 6.07) is 44.7. The van der Waals surface area contributed by atoms with Gasteiger partial charge in [-0.15, -0.1) is 0 Å². The van der Waals surface area contributed by atoms with Gasteiger partial charge in [0, 0.05) is 52.6 Å². The quantitative estimate of drug-likeness (QED) is 0.163. The molecule has 282 valence electrons. The molecule has 2 atom stereocenters. The third-order valence-corrected chi connectivity index (χ3v) is 14.6. The molecule has 0 unspecified atom stereocenters. The van der Waals surface area contributed by atoms with Crippen LogP contribution in [0.2, 0.25) is 5.02 Å². The lowest BCUT2D eigenvalue weighted by Gasteiger charge is -2.51. The molecule has 0 saturated heterocycles. The highest BCUT2D eigenvalue weighted by atomic mass is 35.5. The van der Waals surface area contributed by atoms with Crippen molar-refractivity contribution in [1.82, 2.24) is 0 Å². The predicted molar refractivity (Wildman–Crippen MR) is 232 cm³/mol. The first-order valence-corrected chi connectivity index (χ1v) is 20.9. The van der Waals surface area contributed by atoms with Crippen LogP contribution in [-0.4, -0.2) is 35.0 Å². The number of para-hydroxylation sites is 1. The van der Waals surface area contributed by atoms with E-state index in [0.29, 0.717) is 33.8 Å². The Morgan fingerprint density at radius 2 is 1.35 bits per heavy atom. The van der Waals surface area contributed by atoms with Crippen molar-refractivity contribution in [3.63, 3.8) is 0 Å². The van der Waals surface area contributed by atoms with Crippen LogP contribution in [0.3, 0.4) is 0 Å². The maximum absolute atomic E-state index is 16.0. The van der Waals surface area contributed by atoms with E-state index in [1.807, 2.05) is 104 Å². The topological polar surface area (TPSA) is 66.9 Å². The summed E-state index contributed by atoms with van der Waals surface area (Å²) in [5.74, 6) is -0.0158. The van der Waals surface area contributed by atoms with Crippen LogP contribution in [-0.2, 0) is 25.0 Å². The first-order chi connectivity index (χ1) is 27.5. The number of hydrogen-bond donors (Lipinski definition) is 0. The summed E-state index contributed by atoms with van der Waals surface area (Å²) in [4.78, 5) is 18.1. The molecule has 10 rings (SSSR count). The van der Waals surface area contributed by atoms with Gasteiger partial charge in [-0.1, -0.05) is 129 Å². The average Bonchev–Trinajstić information content (AvgIpc) is 3.76. The fraction of sp³-hybridized carbons (Fsp3) is 0.163. The van der Waals surface area contributed by atoms with Crippen molar-refractivity contribution in [2.24, 2.45) is 11.3 Å². The van der Waals surface area contributed by atoms with Crippen LogP contribution in [0.15, 0.2) is 156 Å². The molecule has 57 heavy (non-hydrogen) atoms. The van der Waals surface area contributed by atoms with Gasteiger partial charge in [0.05, 0.1) is 17.2 Å². The first kappa shape index (κ1) is 35.5. The Bertz CT molecular complexity index is 2990. The largest absolute Gasteiger partial charge is 0.492 e. The molecule has 2 heterocycles. The number of allylic oxidation sites excluding steroid dienone is 1. The SMILES string of the molecule is CN(C)c1cccc2c(S(=O)(=O)N3C(=O)[C@@]4(C(c5ccc(Cl)cc5)=CC5=C(c6c7ccccc7cc7ccccc67)OC[C@@H]5C4(C)C)c4ccccc43)cccc12. The van der Waals surface area contributed by atoms with Gasteiger partial charge in [0.2, 0.25) is 0 Å². The van der Waals surface area contributed by atoms with Gasteiger partial charge in [0.1, 0.15) is 11.2 Å². The Kier molecular flexibility index (Phi) is 7.82. The van der Waals surface area contributed by atoms with Crippen molar-refractivity contribution in [3.8, 4) is 0 Å². The Morgan fingerprint density at radius 1 is 0.737 bits per heavy atom. The maximum atomic E-state index is 16.0. The van der Waals surface area contributed by atoms with Crippen LogP contribution in [0.5, 0.6) is 0 Å². The smallest absolute Gasteiger partial charge is 0.271 e. The fourth-order valence-electron chi connectivity index (χ4n) is 9.98. The summed E-state index contributed by atoms with van der Waals surface area (Å²) in [6.45, 7) is 4.51. The second-order valence-electron chi connectivity index (χ2n) is 16.0. The Labute approximate surface area is 337 Å². The van der Waals surface area contributed by atoms with E-state index in [0.717, 1.165) is 59.4 Å². The van der Waals surface area contributed by atoms with Crippen LogP contribution < -0.4 is 9.21 Å². The molecule has 0 fully saturated rings. The third kappa shape index (κ3) is 4.82. The van der Waals surface area contributed by atoms with E-state index < -0.39 is 26.8 Å². The zero-order valence-electron chi connectivity index (χ0n) is 32.0. The number of anilines is 2. The van der Waals surface area contributed by atoms with Gasteiger partial charge in [-0.25, -0.2) is 12.7 Å². The molecule has 1 spiro atoms. The number of carbonyl (C=O) groups is 1. The van der Waals surface area contributed by atoms with E-state index in [4.69, 9.17) is 16.3 Å². The van der Waals surface area contributed by atoms with Gasteiger partial charge in [-0.2, -0.15) is 0 Å². The maximum Gasteiger partial charge on any atom is 0.271 e. The number of ether oxygens (including phenoxy) is 1. The minimum atomic E-state index is -4.46. The number of sulfonamides is 1. The molecule has 2 aliphatic heterocycles. The minimum Gasteiger partial charge on any atom is -0.492 e. The number of hydrogen-bond acceptors (Lipinski definition) is 5. The third-order valence-electron chi connectivity index (χ3n) is 12.6. The monoisotopic (exact) mass is 786 g/mol. The molecule has 7 aromatic carbocycles. The Hall–Kier alpha value is -5.89. The minimum absolute atomic E-state index is 0.0736. The molecule has 0 N–H and O–H groups in total. The molecular formula is C49H39ClN2O4S. The van der Waals surface area contributed by atoms with E-state index >= 15 is 13.2 Å². The second-order valence-corrected chi connectivity index (χ2v) is 18.2. The van der Waals surface area contributed by atoms with Gasteiger partial charge in [-0.3, -0.25) is 4.79 Å². The summed E-state index contributed by atoms with van der Waals surface area (Å²) >= 11 is 6.49. The van der Waals surface area contributed by atoms with Gasteiger partial charge >= 0.3 is 0 Å². The lowest BCUT2D eigenvalue weighted by molar-refractivity contribution is -0.124. The van der Waals surface area contributed by atoms with Crippen molar-refractivity contribution in [3.05, 3.63) is 173 Å². The van der Waals surface area contributed by atoms with E-state index in [9.17, 15) is 0 Å². The number of fused-ring (bicyclic) bond motifs is 6. The molecule has 7 aromatic rings. The summed E-state index contributed by atoms with van der Waals surface area (Å²) in [6.07, 6.45) is 2.12. The highest BCUT2D eigenvalue weighted by molar-refractivity contribution is 7.93. The second kappa shape index (κ2) is 12.6. The fourth-order valence-corrected chi connectivity index (χ4v) is 11.8. The van der Waals surface area contributed by atoms with E-state index in [1.165, 1.54) is 0 Å². The molecule has 0 aromatic heterocycles. The van der Waals surface area contributed by atoms with Crippen molar-refractivity contribution >= 4 is 82.6 Å². The van der Waals surface area contributed by atoms with Crippen molar-refractivity contribution in [1.29, 1.82) is 0 Å². The van der Waals surface area contributed by atoms with Crippen molar-refractivity contribution < 1.29 is 17.9 Å². The van der Waals surface area contributed by atoms with Crippen LogP contribution in [0.4, 0.5) is 11.4 Å². The summed E-state index contributed by atoms with van der Waals surface area (Å²) < 4.78 is 38.7. The number of halogens is 1. The average molecular weight is 787 g/mol. The van der Waals surface area contributed by atoms with E-state index in [1.54, 1.807) is 24.3 Å². The molecule has 1 amide bonds. The van der Waals surface area contributed by atoms with Gasteiger partial charge in [0.25, 0.3) is 15.9 Å². The predicted octanol–water partition coefficient (Wildman–Crippen LogP) is 11.0. The number of rotatable bonds is 5. The van der Waals surface area contributed by atoms with Gasteiger partial charge in [-0.05, 0) is 86.1 Å². The zero-order valence-corrected chi connectivity index (χ0v) is 33.5. The van der Waals surface area contributed by atoms with Crippen LogP contribution in [0, 0.1) is 11.3 Å². The lowest BCUT2D eigenvalue weighted by Crippen LogP contribution is -2.57. The number of benzene rings is 7. The molecule has 0 saturated carbocycles. The molecule has 6 nitrogen and oxygen atoms in total. The molecule has 8 heteroatoms. The molecular weight excluding hydrogens is 748 g/mol. The summed E-state index contributed by atoms with van der Waals surface area (Å²) in [5.41, 5.74) is 3.00. The zero-order chi connectivity index (χ0) is 39.4. The summed E-state index contributed by atoms with van der Waals surface area (Å²) in [7, 11) is -0.599. The van der Waals surface area contributed by atoms with Gasteiger partial charge in [0.15, 0.2) is 0 Å². The lowest BCUT2D eigenvalue weighted by atomic mass is 9.49. The molecule has 0 radical (unpaired) electrons. The number of nitrogens with zero attached hydrogens (tertiary/aromatic N) is 2. The van der Waals surface area contributed by atoms with Gasteiger partial charge < -0.3 is 9.64 Å². The van der Waals surface area contributed by atoms with E-state index in [-0.39, 0.29) is 10.8 Å². The Morgan fingerprint density at radius 3 is 2.05 bits per heavy atom. The van der Waals surface area contributed by atoms with E-state index in [2.05, 4.69) is 50.3 Å². The summed E-state index contributed by atoms with van der Waals surface area (Å²) in [5, 5.41) is 6.25. The normalized spacial score (nSPS) is 19.9. The van der Waals surface area contributed by atoms with Crippen molar-refractivity contribution in [2.75, 3.05) is 29.9 Å². The number of carbonyl (C=O) groups excluding carboxylic acids is 1. The van der Waals surface area contributed by atoms with Crippen LogP contribution >= 0.6 is 11.6 Å². The molecule has 0 bridgehead atoms. The number of amides is 1. The molecule has 1 aliphatic carbocycles. The first-order valence-electron chi connectivity index (χ1n) is 19.1. The Balaban J connectivity index is 1.27. The van der Waals surface area contributed by atoms with Crippen molar-refractivity contribution in [2.45, 2.75) is 24.2 Å². The standard InChI is InChI=1S/C49H39ClN2O4S/c1-48(2)41-29-56-46(45-34-15-7-5-13-31(34)27-32-14-6-8-16-35(32)45)38(41)28-40(30-23-25-33(50)26-24-30)49(48)39-19-9-10-20-43(39)52(47(49)53)57(54,55)44-22-12-17-36-37(44)18-11-21-42(36)51(3)4/h5-28,41H,29H2,1-4H3/t41-,49-/m0/s1. The highest BCUT2D eigenvalue weighted by Gasteiger charge is 2.68. The van der Waals surface area contributed by atoms with Crippen LogP contribution in [0.25, 0.3) is 43.6 Å².